The molecule has 1 amide bonds. The minimum absolute atomic E-state index is 0.126. The van der Waals surface area contributed by atoms with Gasteiger partial charge in [-0.1, -0.05) is 41.6 Å². The average molecular weight is 564 g/mol. The van der Waals surface area contributed by atoms with Gasteiger partial charge in [-0.3, -0.25) is 14.1 Å². The van der Waals surface area contributed by atoms with E-state index in [4.69, 9.17) is 4.55 Å². The van der Waals surface area contributed by atoms with Gasteiger partial charge in [-0.25, -0.2) is 4.68 Å². The zero-order chi connectivity index (χ0) is 28.4. The molecular formula is C24H19F3N4O7S. The van der Waals surface area contributed by atoms with Crippen molar-refractivity contribution >= 4 is 32.9 Å². The zero-order valence-electron chi connectivity index (χ0n) is 19.9. The number of fused-ring (bicyclic) bond motifs is 1. The maximum Gasteiger partial charge on any atom is 0.573 e. The van der Waals surface area contributed by atoms with Crippen LogP contribution in [0.3, 0.4) is 0 Å². The fourth-order valence-corrected chi connectivity index (χ4v) is 4.20. The predicted octanol–water partition coefficient (Wildman–Crippen LogP) is 3.67. The van der Waals surface area contributed by atoms with Crippen molar-refractivity contribution in [1.29, 1.82) is 0 Å². The Balaban J connectivity index is 1.66. The number of nitrogens with zero attached hydrogens (tertiary/aromatic N) is 4. The van der Waals surface area contributed by atoms with Crippen LogP contribution in [0.2, 0.25) is 0 Å². The molecule has 4 aromatic rings. The molecule has 39 heavy (non-hydrogen) atoms. The van der Waals surface area contributed by atoms with Crippen molar-refractivity contribution in [2.24, 2.45) is 0 Å². The molecule has 0 aliphatic heterocycles. The van der Waals surface area contributed by atoms with Crippen LogP contribution in [0, 0.1) is 0 Å². The number of halogens is 3. The first kappa shape index (κ1) is 27.5. The number of carbonyl (C=O) groups excluding carboxylic acids is 1. The highest BCUT2D eigenvalue weighted by molar-refractivity contribution is 7.81. The Kier molecular flexibility index (Phi) is 7.56. The molecule has 0 aliphatic carbocycles. The fourth-order valence-electron chi connectivity index (χ4n) is 3.83. The summed E-state index contributed by atoms with van der Waals surface area (Å²) in [6, 6.07) is 16.5. The number of rotatable bonds is 8. The van der Waals surface area contributed by atoms with Gasteiger partial charge in [-0.05, 0) is 48.9 Å². The lowest BCUT2D eigenvalue weighted by Crippen LogP contribution is -2.39. The number of alkyl halides is 3. The van der Waals surface area contributed by atoms with E-state index in [1.807, 2.05) is 0 Å². The monoisotopic (exact) mass is 564 g/mol. The Morgan fingerprint density at radius 2 is 1.72 bits per heavy atom. The first-order valence-electron chi connectivity index (χ1n) is 11.1. The van der Waals surface area contributed by atoms with Gasteiger partial charge < -0.3 is 13.8 Å². The van der Waals surface area contributed by atoms with Crippen molar-refractivity contribution in [1.82, 2.24) is 15.0 Å². The maximum absolute atomic E-state index is 13.5. The molecule has 11 nitrogen and oxygen atoms in total. The van der Waals surface area contributed by atoms with Crippen molar-refractivity contribution in [3.05, 3.63) is 88.7 Å². The molecule has 0 spiro atoms. The summed E-state index contributed by atoms with van der Waals surface area (Å²) in [6.07, 6.45) is -4.85. The molecule has 1 heterocycles. The van der Waals surface area contributed by atoms with Crippen LogP contribution in [-0.4, -0.2) is 40.2 Å². The summed E-state index contributed by atoms with van der Waals surface area (Å²) in [5, 5.41) is 7.38. The summed E-state index contributed by atoms with van der Waals surface area (Å²) in [7, 11) is -4.90. The summed E-state index contributed by atoms with van der Waals surface area (Å²) < 4.78 is 77.9. The number of aromatic nitrogens is 3. The van der Waals surface area contributed by atoms with Crippen LogP contribution >= 0.6 is 0 Å². The number of hydrogen-bond acceptors (Lipinski definition) is 8. The minimum Gasteiger partial charge on any atom is -0.406 e. The highest BCUT2D eigenvalue weighted by atomic mass is 32.3. The van der Waals surface area contributed by atoms with Crippen LogP contribution < -0.4 is 19.4 Å². The molecule has 0 radical (unpaired) electrons. The van der Waals surface area contributed by atoms with Gasteiger partial charge in [0.15, 0.2) is 5.75 Å². The Bertz CT molecular complexity index is 1660. The van der Waals surface area contributed by atoms with E-state index in [-0.39, 0.29) is 10.9 Å². The largest absolute Gasteiger partial charge is 0.573 e. The lowest BCUT2D eigenvalue weighted by molar-refractivity contribution is -0.274. The fraction of sp³-hybridized carbons (Fsp3) is 0.167. The number of anilines is 1. The van der Waals surface area contributed by atoms with Crippen molar-refractivity contribution in [3.63, 3.8) is 0 Å². The molecule has 0 bridgehead atoms. The van der Waals surface area contributed by atoms with Crippen LogP contribution in [0.15, 0.2) is 77.6 Å². The van der Waals surface area contributed by atoms with E-state index < -0.39 is 52.3 Å². The Hall–Kier alpha value is -4.50. The van der Waals surface area contributed by atoms with Gasteiger partial charge in [0, 0.05) is 5.69 Å². The molecule has 4 rings (SSSR count). The Labute approximate surface area is 219 Å². The second-order valence-electron chi connectivity index (χ2n) is 8.11. The van der Waals surface area contributed by atoms with Crippen molar-refractivity contribution < 1.29 is 39.9 Å². The topological polar surface area (TPSA) is 141 Å². The lowest BCUT2D eigenvalue weighted by Gasteiger charge is -2.30. The lowest BCUT2D eigenvalue weighted by atomic mass is 10.1. The Morgan fingerprint density at radius 1 is 1.05 bits per heavy atom. The molecule has 15 heteroatoms. The van der Waals surface area contributed by atoms with Gasteiger partial charge in [0.1, 0.15) is 17.8 Å². The van der Waals surface area contributed by atoms with Gasteiger partial charge in [0.05, 0.1) is 11.4 Å². The van der Waals surface area contributed by atoms with E-state index in [2.05, 4.69) is 19.2 Å². The molecule has 0 aliphatic rings. The highest BCUT2D eigenvalue weighted by Crippen LogP contribution is 2.30. The molecular weight excluding hydrogens is 545 g/mol. The normalized spacial score (nSPS) is 12.6. The second kappa shape index (κ2) is 10.7. The number of para-hydroxylation sites is 1. The van der Waals surface area contributed by atoms with Crippen molar-refractivity contribution in [2.45, 2.75) is 25.9 Å². The standard InChI is InChI=1S/C24H19F3N4O7S/c1-15(16-10-12-18(13-11-16)37-24(25,26)27)31(17-6-3-2-4-7-17)21(32)14-30-23(33)19-8-5-9-20(22(19)28-29-30)38-39(34,35)36/h2-13,15H,14H2,1H3,(H,34,35,36)/t15-/m0/s1. The average Bonchev–Trinajstić information content (AvgIpc) is 2.85. The van der Waals surface area contributed by atoms with E-state index in [9.17, 15) is 31.2 Å². The number of hydrogen-bond donors (Lipinski definition) is 1. The number of benzene rings is 3. The van der Waals surface area contributed by atoms with Gasteiger partial charge in [-0.2, -0.15) is 8.42 Å². The zero-order valence-corrected chi connectivity index (χ0v) is 20.8. The molecule has 1 atom stereocenters. The van der Waals surface area contributed by atoms with Crippen molar-refractivity contribution in [2.75, 3.05) is 4.90 Å². The summed E-state index contributed by atoms with van der Waals surface area (Å²) in [4.78, 5) is 27.9. The smallest absolute Gasteiger partial charge is 0.406 e. The van der Waals surface area contributed by atoms with Gasteiger partial charge in [0.2, 0.25) is 5.91 Å². The third-order valence-corrected chi connectivity index (χ3v) is 5.87. The van der Waals surface area contributed by atoms with Crippen LogP contribution in [0.5, 0.6) is 11.5 Å². The molecule has 3 aromatic carbocycles. The molecule has 0 saturated heterocycles. The third-order valence-electron chi connectivity index (χ3n) is 5.48. The summed E-state index contributed by atoms with van der Waals surface area (Å²) in [5.41, 5.74) is -0.122. The van der Waals surface area contributed by atoms with Crippen molar-refractivity contribution in [3.8, 4) is 11.5 Å². The number of amides is 1. The molecule has 204 valence electrons. The van der Waals surface area contributed by atoms with Crippen LogP contribution in [0.1, 0.15) is 18.5 Å². The predicted molar refractivity (Wildman–Crippen MR) is 131 cm³/mol. The van der Waals surface area contributed by atoms with Gasteiger partial charge in [0.25, 0.3) is 5.56 Å². The van der Waals surface area contributed by atoms with Gasteiger partial charge in [-0.15, -0.1) is 18.3 Å². The minimum atomic E-state index is -4.90. The Morgan fingerprint density at radius 3 is 2.33 bits per heavy atom. The molecule has 0 saturated carbocycles. The molecule has 0 unspecified atom stereocenters. The summed E-state index contributed by atoms with van der Waals surface area (Å²) >= 11 is 0. The second-order valence-corrected chi connectivity index (χ2v) is 9.13. The molecule has 1 N–H and O–H groups in total. The highest BCUT2D eigenvalue weighted by Gasteiger charge is 2.31. The number of ether oxygens (including phenoxy) is 1. The van der Waals surface area contributed by atoms with E-state index in [0.717, 1.165) is 22.9 Å². The van der Waals surface area contributed by atoms with Crippen LogP contribution in [0.25, 0.3) is 10.9 Å². The molecule has 1 aromatic heterocycles. The van der Waals surface area contributed by atoms with E-state index in [1.54, 1.807) is 37.3 Å². The SMILES string of the molecule is C[C@@H](c1ccc(OC(F)(F)F)cc1)N(C(=O)Cn1nnc2c(OS(=O)(=O)O)cccc2c1=O)c1ccccc1. The van der Waals surface area contributed by atoms with Crippen LogP contribution in [-0.2, 0) is 21.7 Å². The van der Waals surface area contributed by atoms with Gasteiger partial charge >= 0.3 is 16.8 Å². The first-order chi connectivity index (χ1) is 18.3. The summed E-state index contributed by atoms with van der Waals surface area (Å²) in [6.45, 7) is 1.07. The summed E-state index contributed by atoms with van der Waals surface area (Å²) in [5.74, 6) is -1.47. The number of carbonyl (C=O) groups is 1. The van der Waals surface area contributed by atoms with Crippen LogP contribution in [0.4, 0.5) is 18.9 Å². The molecule has 0 fully saturated rings. The van der Waals surface area contributed by atoms with E-state index in [1.165, 1.54) is 29.2 Å². The van der Waals surface area contributed by atoms with E-state index >= 15 is 0 Å². The van der Waals surface area contributed by atoms with E-state index in [0.29, 0.717) is 11.3 Å². The third kappa shape index (κ3) is 6.69. The maximum atomic E-state index is 13.5. The first-order valence-corrected chi connectivity index (χ1v) is 12.4. The quantitative estimate of drug-likeness (QED) is 0.317.